The van der Waals surface area contributed by atoms with Crippen molar-refractivity contribution >= 4 is 39.1 Å². The SMILES string of the molecule is O=C(NC1CC1)c1cccc(NC(=O)C2CCN(S(=O)(=O)c3ccc(F)c(Cl)c3)CC2)c1. The number of hydrogen-bond acceptors (Lipinski definition) is 4. The van der Waals surface area contributed by atoms with E-state index in [-0.39, 0.29) is 46.8 Å². The van der Waals surface area contributed by atoms with E-state index in [4.69, 9.17) is 11.6 Å². The molecular weight excluding hydrogens is 457 g/mol. The number of benzene rings is 2. The molecule has 1 heterocycles. The Bertz CT molecular complexity index is 1150. The van der Waals surface area contributed by atoms with Crippen molar-refractivity contribution < 1.29 is 22.4 Å². The standard InChI is InChI=1S/C22H23ClFN3O4S/c23-19-13-18(6-7-20(19)24)32(30,31)27-10-8-14(9-11-27)21(28)26-17-3-1-2-15(12-17)22(29)25-16-4-5-16/h1-3,6-7,12-14,16H,4-5,8-11H2,(H,25,29)(H,26,28). The Hall–Kier alpha value is -2.49. The average molecular weight is 480 g/mol. The molecule has 1 aliphatic heterocycles. The van der Waals surface area contributed by atoms with Crippen molar-refractivity contribution in [2.75, 3.05) is 18.4 Å². The summed E-state index contributed by atoms with van der Waals surface area (Å²) in [5, 5.41) is 5.48. The van der Waals surface area contributed by atoms with E-state index in [1.807, 2.05) is 0 Å². The quantitative estimate of drug-likeness (QED) is 0.663. The van der Waals surface area contributed by atoms with Crippen LogP contribution >= 0.6 is 11.6 Å². The maximum Gasteiger partial charge on any atom is 0.251 e. The molecule has 170 valence electrons. The smallest absolute Gasteiger partial charge is 0.251 e. The van der Waals surface area contributed by atoms with Gasteiger partial charge in [-0.25, -0.2) is 12.8 Å². The Morgan fingerprint density at radius 3 is 2.41 bits per heavy atom. The summed E-state index contributed by atoms with van der Waals surface area (Å²) in [6.45, 7) is 0.332. The van der Waals surface area contributed by atoms with Crippen molar-refractivity contribution in [3.8, 4) is 0 Å². The lowest BCUT2D eigenvalue weighted by molar-refractivity contribution is -0.120. The fourth-order valence-corrected chi connectivity index (χ4v) is 5.37. The number of hydrogen-bond donors (Lipinski definition) is 2. The predicted octanol–water partition coefficient (Wildman–Crippen LogP) is 3.41. The Labute approximate surface area is 191 Å². The molecule has 2 aliphatic rings. The zero-order valence-corrected chi connectivity index (χ0v) is 18.8. The molecule has 7 nitrogen and oxygen atoms in total. The van der Waals surface area contributed by atoms with Crippen LogP contribution in [0.3, 0.4) is 0 Å². The fourth-order valence-electron chi connectivity index (χ4n) is 3.62. The molecule has 1 saturated heterocycles. The summed E-state index contributed by atoms with van der Waals surface area (Å²) in [4.78, 5) is 24.8. The monoisotopic (exact) mass is 479 g/mol. The van der Waals surface area contributed by atoms with E-state index in [2.05, 4.69) is 10.6 Å². The van der Waals surface area contributed by atoms with Crippen LogP contribution in [0.5, 0.6) is 0 Å². The van der Waals surface area contributed by atoms with Gasteiger partial charge in [0.2, 0.25) is 15.9 Å². The Kier molecular flexibility index (Phi) is 6.50. The molecule has 0 radical (unpaired) electrons. The molecule has 4 rings (SSSR count). The van der Waals surface area contributed by atoms with Gasteiger partial charge in [-0.1, -0.05) is 17.7 Å². The number of halogens is 2. The molecule has 2 amide bonds. The highest BCUT2D eigenvalue weighted by Crippen LogP contribution is 2.27. The fraction of sp³-hybridized carbons (Fsp3) is 0.364. The number of sulfonamides is 1. The maximum absolute atomic E-state index is 13.4. The third-order valence-electron chi connectivity index (χ3n) is 5.66. The van der Waals surface area contributed by atoms with Crippen LogP contribution in [-0.4, -0.2) is 43.7 Å². The summed E-state index contributed by atoms with van der Waals surface area (Å²) in [5.41, 5.74) is 1.00. The number of anilines is 1. The maximum atomic E-state index is 13.4. The number of nitrogens with zero attached hydrogens (tertiary/aromatic N) is 1. The van der Waals surface area contributed by atoms with E-state index in [1.54, 1.807) is 24.3 Å². The molecule has 0 atom stereocenters. The van der Waals surface area contributed by atoms with Gasteiger partial charge < -0.3 is 10.6 Å². The van der Waals surface area contributed by atoms with Crippen LogP contribution in [0, 0.1) is 11.7 Å². The minimum absolute atomic E-state index is 0.0758. The van der Waals surface area contributed by atoms with Gasteiger partial charge in [-0.15, -0.1) is 0 Å². The summed E-state index contributed by atoms with van der Waals surface area (Å²) in [6.07, 6.45) is 2.68. The number of rotatable bonds is 6. The normalized spacial score (nSPS) is 17.7. The van der Waals surface area contributed by atoms with Crippen LogP contribution in [0.1, 0.15) is 36.0 Å². The number of piperidine rings is 1. The first-order valence-electron chi connectivity index (χ1n) is 10.4. The number of carbonyl (C=O) groups is 2. The number of nitrogens with one attached hydrogen (secondary N) is 2. The van der Waals surface area contributed by atoms with Gasteiger partial charge in [-0.2, -0.15) is 4.31 Å². The van der Waals surface area contributed by atoms with Crippen molar-refractivity contribution in [1.82, 2.24) is 9.62 Å². The first-order chi connectivity index (χ1) is 15.2. The second kappa shape index (κ2) is 9.17. The van der Waals surface area contributed by atoms with Gasteiger partial charge in [0.25, 0.3) is 5.91 Å². The van der Waals surface area contributed by atoms with Gasteiger partial charge >= 0.3 is 0 Å². The highest BCUT2D eigenvalue weighted by atomic mass is 35.5. The zero-order chi connectivity index (χ0) is 22.9. The lowest BCUT2D eigenvalue weighted by atomic mass is 9.97. The molecule has 2 fully saturated rings. The van der Waals surface area contributed by atoms with Crippen molar-refractivity contribution in [3.63, 3.8) is 0 Å². The summed E-state index contributed by atoms with van der Waals surface area (Å²) in [6, 6.07) is 10.3. The van der Waals surface area contributed by atoms with E-state index in [9.17, 15) is 22.4 Å². The molecule has 2 N–H and O–H groups in total. The van der Waals surface area contributed by atoms with E-state index in [1.165, 1.54) is 10.4 Å². The van der Waals surface area contributed by atoms with Gasteiger partial charge in [-0.3, -0.25) is 9.59 Å². The molecule has 1 aliphatic carbocycles. The molecule has 0 spiro atoms. The molecule has 1 saturated carbocycles. The molecule has 0 aromatic heterocycles. The van der Waals surface area contributed by atoms with Crippen molar-refractivity contribution in [3.05, 3.63) is 58.9 Å². The van der Waals surface area contributed by atoms with Crippen molar-refractivity contribution in [2.45, 2.75) is 36.6 Å². The van der Waals surface area contributed by atoms with Gasteiger partial charge in [0.1, 0.15) is 5.82 Å². The second-order valence-corrected chi connectivity index (χ2v) is 10.4. The average Bonchev–Trinajstić information content (AvgIpc) is 3.60. The van der Waals surface area contributed by atoms with Crippen LogP contribution < -0.4 is 10.6 Å². The van der Waals surface area contributed by atoms with Crippen LogP contribution in [-0.2, 0) is 14.8 Å². The van der Waals surface area contributed by atoms with Crippen LogP contribution in [0.25, 0.3) is 0 Å². The topological polar surface area (TPSA) is 95.6 Å². The molecule has 10 heteroatoms. The van der Waals surface area contributed by atoms with Gasteiger partial charge in [0, 0.05) is 36.3 Å². The minimum Gasteiger partial charge on any atom is -0.349 e. The molecule has 32 heavy (non-hydrogen) atoms. The van der Waals surface area contributed by atoms with Crippen LogP contribution in [0.2, 0.25) is 5.02 Å². The van der Waals surface area contributed by atoms with Crippen LogP contribution in [0.15, 0.2) is 47.4 Å². The van der Waals surface area contributed by atoms with Gasteiger partial charge in [-0.05, 0) is 62.1 Å². The Morgan fingerprint density at radius 2 is 1.75 bits per heavy atom. The van der Waals surface area contributed by atoms with E-state index >= 15 is 0 Å². The largest absolute Gasteiger partial charge is 0.349 e. The third-order valence-corrected chi connectivity index (χ3v) is 7.84. The lowest BCUT2D eigenvalue weighted by Crippen LogP contribution is -2.41. The van der Waals surface area contributed by atoms with E-state index < -0.39 is 15.8 Å². The second-order valence-electron chi connectivity index (χ2n) is 8.07. The van der Waals surface area contributed by atoms with Crippen LogP contribution in [0.4, 0.5) is 10.1 Å². The van der Waals surface area contributed by atoms with Crippen molar-refractivity contribution in [2.24, 2.45) is 5.92 Å². The minimum atomic E-state index is -3.82. The highest BCUT2D eigenvalue weighted by Gasteiger charge is 2.32. The summed E-state index contributed by atoms with van der Waals surface area (Å²) < 4.78 is 40.3. The first kappa shape index (κ1) is 22.7. The Balaban J connectivity index is 1.35. The molecule has 2 aromatic rings. The van der Waals surface area contributed by atoms with E-state index in [0.29, 0.717) is 24.1 Å². The predicted molar refractivity (Wildman–Crippen MR) is 118 cm³/mol. The highest BCUT2D eigenvalue weighted by molar-refractivity contribution is 7.89. The summed E-state index contributed by atoms with van der Waals surface area (Å²) in [7, 11) is -3.82. The number of carbonyl (C=O) groups excluding carboxylic acids is 2. The zero-order valence-electron chi connectivity index (χ0n) is 17.2. The van der Waals surface area contributed by atoms with Crippen molar-refractivity contribution in [1.29, 1.82) is 0 Å². The van der Waals surface area contributed by atoms with Gasteiger partial charge in [0.05, 0.1) is 9.92 Å². The molecular formula is C22H23ClFN3O4S. The molecule has 0 bridgehead atoms. The number of amides is 2. The lowest BCUT2D eigenvalue weighted by Gasteiger charge is -2.30. The third kappa shape index (κ3) is 5.11. The van der Waals surface area contributed by atoms with E-state index in [0.717, 1.165) is 25.0 Å². The molecule has 0 unspecified atom stereocenters. The first-order valence-corrected chi connectivity index (χ1v) is 12.2. The Morgan fingerprint density at radius 1 is 1.03 bits per heavy atom. The van der Waals surface area contributed by atoms with Gasteiger partial charge in [0.15, 0.2) is 0 Å². The summed E-state index contributed by atoms with van der Waals surface area (Å²) >= 11 is 5.72. The summed E-state index contributed by atoms with van der Waals surface area (Å²) in [5.74, 6) is -1.42. The molecule has 2 aromatic carbocycles.